The number of hydrogen-bond acceptors (Lipinski definition) is 4. The quantitative estimate of drug-likeness (QED) is 0.850. The summed E-state index contributed by atoms with van der Waals surface area (Å²) in [7, 11) is 0. The van der Waals surface area contributed by atoms with Crippen LogP contribution in [0.3, 0.4) is 0 Å². The number of ether oxygens (including phenoxy) is 1. The first-order valence-corrected chi connectivity index (χ1v) is 6.28. The molecule has 2 N–H and O–H groups in total. The molecular formula is C13H19N3O2. The molecule has 1 fully saturated rings. The minimum atomic E-state index is -0.112. The van der Waals surface area contributed by atoms with Crippen LogP contribution < -0.4 is 15.4 Å². The van der Waals surface area contributed by atoms with Crippen LogP contribution >= 0.6 is 0 Å². The Hall–Kier alpha value is -1.62. The Morgan fingerprint density at radius 3 is 3.11 bits per heavy atom. The van der Waals surface area contributed by atoms with Gasteiger partial charge in [0.05, 0.1) is 18.1 Å². The second-order valence-electron chi connectivity index (χ2n) is 4.62. The van der Waals surface area contributed by atoms with Crippen LogP contribution in [0.15, 0.2) is 18.5 Å². The first kappa shape index (κ1) is 12.8. The number of anilines is 1. The molecule has 18 heavy (non-hydrogen) atoms. The Balaban J connectivity index is 1.97. The number of carbonyl (C=O) groups excluding carboxylic acids is 1. The minimum absolute atomic E-state index is 0.0990. The number of rotatable bonds is 4. The van der Waals surface area contributed by atoms with Gasteiger partial charge >= 0.3 is 0 Å². The van der Waals surface area contributed by atoms with E-state index in [-0.39, 0.29) is 12.0 Å². The molecule has 1 aromatic heterocycles. The SMILES string of the molecule is CC(=O)Nc1cncc(OC(C)[C@@H]2CCCN2)c1. The van der Waals surface area contributed by atoms with Crippen LogP contribution in [0, 0.1) is 0 Å². The molecule has 1 saturated heterocycles. The zero-order valence-electron chi connectivity index (χ0n) is 10.8. The zero-order valence-corrected chi connectivity index (χ0v) is 10.8. The summed E-state index contributed by atoms with van der Waals surface area (Å²) in [4.78, 5) is 15.0. The van der Waals surface area contributed by atoms with Crippen molar-refractivity contribution in [2.75, 3.05) is 11.9 Å². The minimum Gasteiger partial charge on any atom is -0.487 e. The molecule has 5 nitrogen and oxygen atoms in total. The molecular weight excluding hydrogens is 230 g/mol. The van der Waals surface area contributed by atoms with Gasteiger partial charge in [0.25, 0.3) is 0 Å². The molecule has 0 saturated carbocycles. The van der Waals surface area contributed by atoms with Crippen LogP contribution in [-0.2, 0) is 4.79 Å². The van der Waals surface area contributed by atoms with E-state index in [9.17, 15) is 4.79 Å². The molecule has 0 spiro atoms. The fourth-order valence-electron chi connectivity index (χ4n) is 2.16. The van der Waals surface area contributed by atoms with E-state index in [1.54, 1.807) is 18.5 Å². The third-order valence-corrected chi connectivity index (χ3v) is 3.02. The van der Waals surface area contributed by atoms with Gasteiger partial charge in [0.1, 0.15) is 11.9 Å². The summed E-state index contributed by atoms with van der Waals surface area (Å²) in [5.74, 6) is 0.571. The number of amides is 1. The van der Waals surface area contributed by atoms with Crippen LogP contribution in [0.2, 0.25) is 0 Å². The topological polar surface area (TPSA) is 63.2 Å². The summed E-state index contributed by atoms with van der Waals surface area (Å²) in [5.41, 5.74) is 0.659. The second kappa shape index (κ2) is 5.82. The largest absolute Gasteiger partial charge is 0.487 e. The third kappa shape index (κ3) is 3.43. The summed E-state index contributed by atoms with van der Waals surface area (Å²) in [5, 5.41) is 6.10. The summed E-state index contributed by atoms with van der Waals surface area (Å²) >= 11 is 0. The summed E-state index contributed by atoms with van der Waals surface area (Å²) in [6, 6.07) is 2.19. The molecule has 98 valence electrons. The van der Waals surface area contributed by atoms with Crippen molar-refractivity contribution in [1.29, 1.82) is 0 Å². The molecule has 1 unspecified atom stereocenters. The van der Waals surface area contributed by atoms with E-state index in [1.165, 1.54) is 13.3 Å². The van der Waals surface area contributed by atoms with Gasteiger partial charge in [-0.1, -0.05) is 0 Å². The summed E-state index contributed by atoms with van der Waals surface area (Å²) < 4.78 is 5.84. The Kier molecular flexibility index (Phi) is 4.15. The number of carbonyl (C=O) groups is 1. The predicted octanol–water partition coefficient (Wildman–Crippen LogP) is 1.56. The van der Waals surface area contributed by atoms with E-state index < -0.39 is 0 Å². The lowest BCUT2D eigenvalue weighted by Crippen LogP contribution is -2.36. The van der Waals surface area contributed by atoms with Gasteiger partial charge in [0, 0.05) is 19.0 Å². The molecule has 2 rings (SSSR count). The number of hydrogen-bond donors (Lipinski definition) is 2. The van der Waals surface area contributed by atoms with Crippen molar-refractivity contribution >= 4 is 11.6 Å². The normalized spacial score (nSPS) is 20.4. The molecule has 1 aliphatic heterocycles. The molecule has 0 radical (unpaired) electrons. The number of aromatic nitrogens is 1. The fourth-order valence-corrected chi connectivity index (χ4v) is 2.16. The van der Waals surface area contributed by atoms with Crippen molar-refractivity contribution in [3.63, 3.8) is 0 Å². The van der Waals surface area contributed by atoms with Crippen molar-refractivity contribution < 1.29 is 9.53 Å². The van der Waals surface area contributed by atoms with Crippen molar-refractivity contribution in [3.8, 4) is 5.75 Å². The summed E-state index contributed by atoms with van der Waals surface area (Å²) in [6.45, 7) is 4.58. The van der Waals surface area contributed by atoms with Gasteiger partial charge in [-0.3, -0.25) is 9.78 Å². The van der Waals surface area contributed by atoms with Gasteiger partial charge in [-0.2, -0.15) is 0 Å². The highest BCUT2D eigenvalue weighted by Crippen LogP contribution is 2.19. The van der Waals surface area contributed by atoms with Gasteiger partial charge in [-0.15, -0.1) is 0 Å². The molecule has 1 amide bonds. The number of nitrogens with one attached hydrogen (secondary N) is 2. The highest BCUT2D eigenvalue weighted by molar-refractivity contribution is 5.88. The first-order chi connectivity index (χ1) is 8.65. The molecule has 0 aromatic carbocycles. The van der Waals surface area contributed by atoms with E-state index in [0.29, 0.717) is 17.5 Å². The highest BCUT2D eigenvalue weighted by atomic mass is 16.5. The second-order valence-corrected chi connectivity index (χ2v) is 4.62. The first-order valence-electron chi connectivity index (χ1n) is 6.28. The zero-order chi connectivity index (χ0) is 13.0. The predicted molar refractivity (Wildman–Crippen MR) is 69.7 cm³/mol. The average Bonchev–Trinajstić information content (AvgIpc) is 2.81. The van der Waals surface area contributed by atoms with E-state index in [2.05, 4.69) is 15.6 Å². The number of pyridine rings is 1. The lowest BCUT2D eigenvalue weighted by Gasteiger charge is -2.21. The molecule has 0 bridgehead atoms. The standard InChI is InChI=1S/C13H19N3O2/c1-9(13-4-3-5-15-13)18-12-6-11(7-14-8-12)16-10(2)17/h6-9,13,15H,3-5H2,1-2H3,(H,16,17)/t9?,13-/m0/s1. The van der Waals surface area contributed by atoms with Crippen LogP contribution in [0.4, 0.5) is 5.69 Å². The molecule has 5 heteroatoms. The molecule has 1 aromatic rings. The molecule has 2 heterocycles. The van der Waals surface area contributed by atoms with Crippen LogP contribution in [0.1, 0.15) is 26.7 Å². The van der Waals surface area contributed by atoms with E-state index in [4.69, 9.17) is 4.74 Å². The van der Waals surface area contributed by atoms with Gasteiger partial charge in [0.15, 0.2) is 0 Å². The van der Waals surface area contributed by atoms with Gasteiger partial charge in [-0.25, -0.2) is 0 Å². The number of nitrogens with zero attached hydrogens (tertiary/aromatic N) is 1. The van der Waals surface area contributed by atoms with Gasteiger partial charge in [-0.05, 0) is 26.3 Å². The highest BCUT2D eigenvalue weighted by Gasteiger charge is 2.22. The van der Waals surface area contributed by atoms with Gasteiger partial charge < -0.3 is 15.4 Å². The Labute approximate surface area is 107 Å². The fraction of sp³-hybridized carbons (Fsp3) is 0.538. The summed E-state index contributed by atoms with van der Waals surface area (Å²) in [6.07, 6.45) is 5.70. The average molecular weight is 249 g/mol. The van der Waals surface area contributed by atoms with Crippen LogP contribution in [0.25, 0.3) is 0 Å². The van der Waals surface area contributed by atoms with E-state index in [0.717, 1.165) is 13.0 Å². The van der Waals surface area contributed by atoms with Crippen molar-refractivity contribution in [1.82, 2.24) is 10.3 Å². The van der Waals surface area contributed by atoms with Gasteiger partial charge in [0.2, 0.25) is 5.91 Å². The smallest absolute Gasteiger partial charge is 0.221 e. The third-order valence-electron chi connectivity index (χ3n) is 3.02. The Morgan fingerprint density at radius 2 is 2.44 bits per heavy atom. The van der Waals surface area contributed by atoms with Crippen molar-refractivity contribution in [2.24, 2.45) is 0 Å². The van der Waals surface area contributed by atoms with E-state index in [1.807, 2.05) is 6.92 Å². The maximum absolute atomic E-state index is 11.0. The maximum Gasteiger partial charge on any atom is 0.221 e. The molecule has 0 aliphatic carbocycles. The molecule has 2 atom stereocenters. The van der Waals surface area contributed by atoms with Crippen LogP contribution in [-0.4, -0.2) is 29.6 Å². The van der Waals surface area contributed by atoms with Crippen LogP contribution in [0.5, 0.6) is 5.75 Å². The van der Waals surface area contributed by atoms with E-state index >= 15 is 0 Å². The van der Waals surface area contributed by atoms with Crippen molar-refractivity contribution in [2.45, 2.75) is 38.8 Å². The lowest BCUT2D eigenvalue weighted by atomic mass is 10.1. The molecule has 1 aliphatic rings. The maximum atomic E-state index is 11.0. The van der Waals surface area contributed by atoms with Crippen molar-refractivity contribution in [3.05, 3.63) is 18.5 Å². The monoisotopic (exact) mass is 249 g/mol. The lowest BCUT2D eigenvalue weighted by molar-refractivity contribution is -0.114. The Bertz CT molecular complexity index is 416. The Morgan fingerprint density at radius 1 is 1.61 bits per heavy atom.